The largest absolute Gasteiger partial charge is 0.352 e. The van der Waals surface area contributed by atoms with E-state index in [0.29, 0.717) is 5.82 Å². The molecule has 2 heterocycles. The van der Waals surface area contributed by atoms with Crippen molar-refractivity contribution in [3.05, 3.63) is 110 Å². The van der Waals surface area contributed by atoms with E-state index in [1.54, 1.807) is 6.33 Å². The Morgan fingerprint density at radius 3 is 2.03 bits per heavy atom. The number of rotatable bonds is 4. The van der Waals surface area contributed by atoms with Crippen LogP contribution in [0.2, 0.25) is 0 Å². The van der Waals surface area contributed by atoms with Crippen molar-refractivity contribution in [2.75, 3.05) is 0 Å². The van der Waals surface area contributed by atoms with Crippen molar-refractivity contribution in [3.8, 4) is 39.3 Å². The summed E-state index contributed by atoms with van der Waals surface area (Å²) in [4.78, 5) is 4.62. The minimum Gasteiger partial charge on any atom is -0.352 e. The normalized spacial score (nSPS) is 10.9. The average molecular weight is 619 g/mol. The average Bonchev–Trinajstić information content (AvgIpc) is 3.52. The zero-order valence-corrected chi connectivity index (χ0v) is 20.8. The summed E-state index contributed by atoms with van der Waals surface area (Å²) in [6.45, 7) is 0. The van der Waals surface area contributed by atoms with Crippen molar-refractivity contribution in [2.24, 2.45) is 7.05 Å². The summed E-state index contributed by atoms with van der Waals surface area (Å²) in [6.07, 6.45) is 3.59. The van der Waals surface area contributed by atoms with Crippen LogP contribution in [0.4, 0.5) is 0 Å². The number of aromatic nitrogens is 5. The van der Waals surface area contributed by atoms with Crippen LogP contribution in [0.1, 0.15) is 0 Å². The molecule has 1 radical (unpaired) electrons. The second kappa shape index (κ2) is 9.18. The number of benzene rings is 4. The molecule has 5 nitrogen and oxygen atoms in total. The van der Waals surface area contributed by atoms with E-state index in [4.69, 9.17) is 0 Å². The summed E-state index contributed by atoms with van der Waals surface area (Å²) in [7, 11) is 1.99. The van der Waals surface area contributed by atoms with Gasteiger partial charge in [-0.2, -0.15) is 5.10 Å². The van der Waals surface area contributed by atoms with Gasteiger partial charge >= 0.3 is 0 Å². The first-order chi connectivity index (χ1) is 16.3. The molecule has 0 N–H and O–H groups in total. The number of hydrogen-bond donors (Lipinski definition) is 0. The van der Waals surface area contributed by atoms with Crippen molar-refractivity contribution in [1.29, 1.82) is 0 Å². The molecule has 0 amide bonds. The van der Waals surface area contributed by atoms with Crippen LogP contribution < -0.4 is 0 Å². The summed E-state index contributed by atoms with van der Waals surface area (Å²) in [6, 6.07) is 34.5. The molecule has 0 unspecified atom stereocenters. The molecule has 167 valence electrons. The minimum atomic E-state index is 0. The first-order valence-corrected chi connectivity index (χ1v) is 10.8. The standard InChI is InChI=1S/C28H20N5.Ir/c1-32-18-29-26-24(16-9-17-25(26)32)28-31-30-19-33(28)27-22(20-10-4-2-5-11-20)14-8-15-23(27)21-12-6-3-7-13-21;/h2-15,17-19H,1H3;/q-1;. The van der Waals surface area contributed by atoms with Gasteiger partial charge in [0.1, 0.15) is 6.33 Å². The molecule has 6 rings (SSSR count). The van der Waals surface area contributed by atoms with Gasteiger partial charge in [-0.15, -0.1) is 23.3 Å². The SMILES string of the molecule is Cn1cnc2c(-c3nncn3-c3c(-c4ccccc4)cccc3-c3ccccc3)[c-]ccc21.[Ir]. The van der Waals surface area contributed by atoms with Crippen LogP contribution in [-0.2, 0) is 27.2 Å². The smallest absolute Gasteiger partial charge is 0.115 e. The Hall–Kier alpha value is -3.86. The molecule has 2 aromatic heterocycles. The summed E-state index contributed by atoms with van der Waals surface area (Å²) >= 11 is 0. The molecular weight excluding hydrogens is 599 g/mol. The van der Waals surface area contributed by atoms with Crippen LogP contribution in [0, 0.1) is 6.07 Å². The van der Waals surface area contributed by atoms with Gasteiger partial charge in [-0.25, -0.2) is 0 Å². The van der Waals surface area contributed by atoms with E-state index in [1.807, 2.05) is 42.2 Å². The Balaban J connectivity index is 0.00000241. The van der Waals surface area contributed by atoms with E-state index < -0.39 is 0 Å². The topological polar surface area (TPSA) is 48.5 Å². The Bertz CT molecular complexity index is 1510. The van der Waals surface area contributed by atoms with Crippen molar-refractivity contribution in [1.82, 2.24) is 24.3 Å². The fourth-order valence-corrected chi connectivity index (χ4v) is 4.35. The predicted molar refractivity (Wildman–Crippen MR) is 131 cm³/mol. The second-order valence-corrected chi connectivity index (χ2v) is 7.90. The molecular formula is C28H20IrN5-. The van der Waals surface area contributed by atoms with Gasteiger partial charge in [-0.05, 0) is 16.6 Å². The van der Waals surface area contributed by atoms with E-state index in [2.05, 4.69) is 92.5 Å². The first kappa shape index (κ1) is 22.0. The van der Waals surface area contributed by atoms with E-state index in [9.17, 15) is 0 Å². The zero-order valence-electron chi connectivity index (χ0n) is 18.4. The molecule has 0 saturated heterocycles. The summed E-state index contributed by atoms with van der Waals surface area (Å²) < 4.78 is 4.06. The molecule has 0 aliphatic heterocycles. The maximum absolute atomic E-state index is 4.62. The minimum absolute atomic E-state index is 0. The maximum atomic E-state index is 4.62. The predicted octanol–water partition coefficient (Wildman–Crippen LogP) is 5.95. The van der Waals surface area contributed by atoms with E-state index >= 15 is 0 Å². The summed E-state index contributed by atoms with van der Waals surface area (Å²) in [5, 5.41) is 8.84. The van der Waals surface area contributed by atoms with Gasteiger partial charge in [0.2, 0.25) is 0 Å². The van der Waals surface area contributed by atoms with Crippen molar-refractivity contribution in [2.45, 2.75) is 0 Å². The van der Waals surface area contributed by atoms with Gasteiger partial charge in [0.15, 0.2) is 0 Å². The number of fused-ring (bicyclic) bond motifs is 1. The van der Waals surface area contributed by atoms with Gasteiger partial charge in [0, 0.05) is 43.8 Å². The van der Waals surface area contributed by atoms with Crippen molar-refractivity contribution in [3.63, 3.8) is 0 Å². The Morgan fingerprint density at radius 2 is 1.38 bits per heavy atom. The van der Waals surface area contributed by atoms with Crippen molar-refractivity contribution < 1.29 is 20.1 Å². The first-order valence-electron chi connectivity index (χ1n) is 10.8. The van der Waals surface area contributed by atoms with Gasteiger partial charge in [0.05, 0.1) is 17.8 Å². The Labute approximate surface area is 211 Å². The summed E-state index contributed by atoms with van der Waals surface area (Å²) in [5.41, 5.74) is 8.20. The molecule has 0 bridgehead atoms. The van der Waals surface area contributed by atoms with Crippen molar-refractivity contribution >= 4 is 11.0 Å². The van der Waals surface area contributed by atoms with Gasteiger partial charge in [-0.3, -0.25) is 4.98 Å². The van der Waals surface area contributed by atoms with Crippen LogP contribution in [0.15, 0.2) is 104 Å². The number of imidazole rings is 1. The molecule has 0 aliphatic rings. The molecule has 0 fully saturated rings. The van der Waals surface area contributed by atoms with E-state index in [0.717, 1.165) is 44.5 Å². The molecule has 0 atom stereocenters. The fraction of sp³-hybridized carbons (Fsp3) is 0.0357. The van der Waals surface area contributed by atoms with Crippen LogP contribution >= 0.6 is 0 Å². The second-order valence-electron chi connectivity index (χ2n) is 7.90. The van der Waals surface area contributed by atoms with Gasteiger partial charge in [-0.1, -0.05) is 84.4 Å². The zero-order chi connectivity index (χ0) is 22.2. The van der Waals surface area contributed by atoms with Gasteiger partial charge in [0.25, 0.3) is 0 Å². The molecule has 0 spiro atoms. The molecule has 0 aliphatic carbocycles. The molecule has 4 aromatic carbocycles. The quantitative estimate of drug-likeness (QED) is 0.230. The number of para-hydroxylation sites is 1. The third-order valence-electron chi connectivity index (χ3n) is 5.91. The summed E-state index contributed by atoms with van der Waals surface area (Å²) in [5.74, 6) is 0.708. The third-order valence-corrected chi connectivity index (χ3v) is 5.91. The fourth-order valence-electron chi connectivity index (χ4n) is 4.35. The Kier molecular flexibility index (Phi) is 5.93. The van der Waals surface area contributed by atoms with Crippen LogP contribution in [0.25, 0.3) is 50.4 Å². The van der Waals surface area contributed by atoms with Gasteiger partial charge < -0.3 is 9.13 Å². The van der Waals surface area contributed by atoms with Crippen LogP contribution in [0.5, 0.6) is 0 Å². The third kappa shape index (κ3) is 3.67. The number of nitrogens with zero attached hydrogens (tertiary/aromatic N) is 5. The Morgan fingerprint density at radius 1 is 0.735 bits per heavy atom. The van der Waals surface area contributed by atoms with Crippen LogP contribution in [-0.4, -0.2) is 24.3 Å². The number of hydrogen-bond acceptors (Lipinski definition) is 3. The molecule has 34 heavy (non-hydrogen) atoms. The molecule has 6 heteroatoms. The maximum Gasteiger partial charge on any atom is 0.115 e. The molecule has 6 aromatic rings. The van der Waals surface area contributed by atoms with Crippen LogP contribution in [0.3, 0.4) is 0 Å². The number of aryl methyl sites for hydroxylation is 1. The van der Waals surface area contributed by atoms with E-state index in [-0.39, 0.29) is 20.1 Å². The van der Waals surface area contributed by atoms with E-state index in [1.165, 1.54) is 0 Å². The molecule has 0 saturated carbocycles. The monoisotopic (exact) mass is 619 g/mol.